The molecular formula is C14H15ClN2O3S. The van der Waals surface area contributed by atoms with Crippen molar-refractivity contribution in [1.82, 2.24) is 10.1 Å². The van der Waals surface area contributed by atoms with Gasteiger partial charge >= 0.3 is 0 Å². The van der Waals surface area contributed by atoms with E-state index in [1.807, 2.05) is 24.3 Å². The summed E-state index contributed by atoms with van der Waals surface area (Å²) in [4.78, 5) is 5.33. The molecule has 1 aromatic heterocycles. The quantitative estimate of drug-likeness (QED) is 0.871. The average Bonchev–Trinajstić information content (AvgIpc) is 2.96. The van der Waals surface area contributed by atoms with Crippen LogP contribution in [0.5, 0.6) is 0 Å². The average molecular weight is 327 g/mol. The number of aliphatic hydroxyl groups excluding tert-OH is 1. The van der Waals surface area contributed by atoms with Crippen LogP contribution in [0.25, 0.3) is 0 Å². The zero-order valence-electron chi connectivity index (χ0n) is 11.2. The molecule has 1 aliphatic heterocycles. The number of aliphatic hydroxyl groups is 1. The molecule has 0 saturated carbocycles. The fourth-order valence-electron chi connectivity index (χ4n) is 2.14. The van der Waals surface area contributed by atoms with Crippen molar-refractivity contribution in [3.63, 3.8) is 0 Å². The first-order valence-electron chi connectivity index (χ1n) is 6.69. The summed E-state index contributed by atoms with van der Waals surface area (Å²) in [5.41, 5.74) is 0. The number of hydrogen-bond acceptors (Lipinski definition) is 6. The van der Waals surface area contributed by atoms with Crippen LogP contribution >= 0.6 is 23.4 Å². The van der Waals surface area contributed by atoms with E-state index in [2.05, 4.69) is 10.1 Å². The van der Waals surface area contributed by atoms with Crippen molar-refractivity contribution in [2.45, 2.75) is 29.1 Å². The van der Waals surface area contributed by atoms with Gasteiger partial charge in [-0.05, 0) is 18.6 Å². The summed E-state index contributed by atoms with van der Waals surface area (Å²) in [5, 5.41) is 14.6. The van der Waals surface area contributed by atoms with Gasteiger partial charge in [-0.15, -0.1) is 11.8 Å². The van der Waals surface area contributed by atoms with Gasteiger partial charge in [0.2, 0.25) is 5.89 Å². The van der Waals surface area contributed by atoms with Crippen molar-refractivity contribution in [3.8, 4) is 0 Å². The minimum Gasteiger partial charge on any atom is -0.392 e. The largest absolute Gasteiger partial charge is 0.392 e. The maximum atomic E-state index is 9.95. The number of halogens is 1. The molecule has 2 aromatic rings. The van der Waals surface area contributed by atoms with Crippen LogP contribution in [0.3, 0.4) is 0 Å². The standard InChI is InChI=1S/C14H15ClN2O3S/c15-10-3-1-2-4-12(10)21-8-13-16-14(20-17-13)9-7-19-6-5-11(9)18/h1-4,9,11,18H,5-8H2. The Balaban J connectivity index is 1.64. The van der Waals surface area contributed by atoms with Gasteiger partial charge in [0.15, 0.2) is 5.82 Å². The Morgan fingerprint density at radius 2 is 2.24 bits per heavy atom. The van der Waals surface area contributed by atoms with E-state index in [9.17, 15) is 5.11 Å². The van der Waals surface area contributed by atoms with Crippen LogP contribution in [0.15, 0.2) is 33.7 Å². The van der Waals surface area contributed by atoms with Gasteiger partial charge in [-0.2, -0.15) is 4.98 Å². The van der Waals surface area contributed by atoms with Gasteiger partial charge in [-0.25, -0.2) is 0 Å². The smallest absolute Gasteiger partial charge is 0.234 e. The molecule has 2 unspecified atom stereocenters. The van der Waals surface area contributed by atoms with Crippen LogP contribution in [0.4, 0.5) is 0 Å². The molecule has 1 fully saturated rings. The molecule has 0 aliphatic carbocycles. The molecule has 2 atom stereocenters. The van der Waals surface area contributed by atoms with E-state index in [1.54, 1.807) is 11.8 Å². The molecule has 3 rings (SSSR count). The maximum Gasteiger partial charge on any atom is 0.234 e. The Morgan fingerprint density at radius 1 is 1.38 bits per heavy atom. The van der Waals surface area contributed by atoms with Crippen molar-refractivity contribution in [2.75, 3.05) is 13.2 Å². The normalized spacial score (nSPS) is 22.4. The maximum absolute atomic E-state index is 9.95. The summed E-state index contributed by atoms with van der Waals surface area (Å²) in [7, 11) is 0. The molecule has 1 saturated heterocycles. The van der Waals surface area contributed by atoms with Crippen LogP contribution in [0.2, 0.25) is 5.02 Å². The fourth-order valence-corrected chi connectivity index (χ4v) is 3.23. The molecule has 112 valence electrons. The zero-order chi connectivity index (χ0) is 14.7. The lowest BCUT2D eigenvalue weighted by Gasteiger charge is -2.24. The summed E-state index contributed by atoms with van der Waals surface area (Å²) in [6.45, 7) is 0.988. The van der Waals surface area contributed by atoms with Crippen LogP contribution in [0.1, 0.15) is 24.1 Å². The van der Waals surface area contributed by atoms with Gasteiger partial charge in [-0.1, -0.05) is 28.9 Å². The summed E-state index contributed by atoms with van der Waals surface area (Å²) in [5.74, 6) is 1.37. The first kappa shape index (κ1) is 14.8. The SMILES string of the molecule is OC1CCOCC1c1nc(CSc2ccccc2Cl)no1. The Morgan fingerprint density at radius 3 is 3.05 bits per heavy atom. The molecule has 0 spiro atoms. The minimum absolute atomic E-state index is 0.231. The van der Waals surface area contributed by atoms with Gasteiger partial charge in [0.1, 0.15) is 0 Å². The number of ether oxygens (including phenoxy) is 1. The van der Waals surface area contributed by atoms with Crippen molar-refractivity contribution in [2.24, 2.45) is 0 Å². The molecule has 0 radical (unpaired) electrons. The van der Waals surface area contributed by atoms with Gasteiger partial charge < -0.3 is 14.4 Å². The predicted octanol–water partition coefficient (Wildman–Crippen LogP) is 2.88. The lowest BCUT2D eigenvalue weighted by molar-refractivity contribution is -0.0149. The molecule has 7 heteroatoms. The van der Waals surface area contributed by atoms with Crippen LogP contribution < -0.4 is 0 Å². The Kier molecular flexibility index (Phi) is 4.80. The molecule has 1 N–H and O–H groups in total. The van der Waals surface area contributed by atoms with E-state index in [0.29, 0.717) is 42.1 Å². The molecule has 0 amide bonds. The van der Waals surface area contributed by atoms with Crippen LogP contribution in [0, 0.1) is 0 Å². The second-order valence-electron chi connectivity index (χ2n) is 4.81. The predicted molar refractivity (Wildman–Crippen MR) is 79.5 cm³/mol. The van der Waals surface area contributed by atoms with E-state index < -0.39 is 6.10 Å². The third-order valence-electron chi connectivity index (χ3n) is 3.31. The summed E-state index contributed by atoms with van der Waals surface area (Å²) in [6.07, 6.45) is 0.111. The second kappa shape index (κ2) is 6.79. The highest BCUT2D eigenvalue weighted by Crippen LogP contribution is 2.30. The molecule has 21 heavy (non-hydrogen) atoms. The Labute approximate surface area is 131 Å². The van der Waals surface area contributed by atoms with Crippen molar-refractivity contribution in [1.29, 1.82) is 0 Å². The molecule has 0 bridgehead atoms. The first-order chi connectivity index (χ1) is 10.2. The summed E-state index contributed by atoms with van der Waals surface area (Å²) in [6, 6.07) is 7.63. The number of aromatic nitrogens is 2. The van der Waals surface area contributed by atoms with E-state index in [4.69, 9.17) is 20.9 Å². The third-order valence-corrected chi connectivity index (χ3v) is 4.83. The highest BCUT2D eigenvalue weighted by molar-refractivity contribution is 7.98. The van der Waals surface area contributed by atoms with Crippen LogP contribution in [-0.4, -0.2) is 34.6 Å². The number of nitrogens with zero attached hydrogens (tertiary/aromatic N) is 2. The number of thioether (sulfide) groups is 1. The fraction of sp³-hybridized carbons (Fsp3) is 0.429. The highest BCUT2D eigenvalue weighted by Gasteiger charge is 2.30. The van der Waals surface area contributed by atoms with Gasteiger partial charge in [0, 0.05) is 11.5 Å². The number of benzene rings is 1. The monoisotopic (exact) mass is 326 g/mol. The van der Waals surface area contributed by atoms with E-state index in [0.717, 1.165) is 4.90 Å². The first-order valence-corrected chi connectivity index (χ1v) is 8.06. The lowest BCUT2D eigenvalue weighted by Crippen LogP contribution is -2.30. The second-order valence-corrected chi connectivity index (χ2v) is 6.23. The topological polar surface area (TPSA) is 68.4 Å². The van der Waals surface area contributed by atoms with Crippen molar-refractivity contribution in [3.05, 3.63) is 41.0 Å². The van der Waals surface area contributed by atoms with Crippen molar-refractivity contribution >= 4 is 23.4 Å². The van der Waals surface area contributed by atoms with Gasteiger partial charge in [0.25, 0.3) is 0 Å². The zero-order valence-corrected chi connectivity index (χ0v) is 12.8. The molecule has 5 nitrogen and oxygen atoms in total. The molecule has 1 aliphatic rings. The number of hydrogen-bond donors (Lipinski definition) is 1. The Hall–Kier alpha value is -1.08. The van der Waals surface area contributed by atoms with E-state index >= 15 is 0 Å². The van der Waals surface area contributed by atoms with Crippen molar-refractivity contribution < 1.29 is 14.4 Å². The van der Waals surface area contributed by atoms with Gasteiger partial charge in [-0.3, -0.25) is 0 Å². The number of rotatable bonds is 4. The van der Waals surface area contributed by atoms with E-state index in [1.165, 1.54) is 0 Å². The van der Waals surface area contributed by atoms with Crippen LogP contribution in [-0.2, 0) is 10.5 Å². The summed E-state index contributed by atoms with van der Waals surface area (Å²) >= 11 is 7.65. The highest BCUT2D eigenvalue weighted by atomic mass is 35.5. The Bertz CT molecular complexity index is 607. The van der Waals surface area contributed by atoms with Gasteiger partial charge in [0.05, 0.1) is 29.4 Å². The summed E-state index contributed by atoms with van der Waals surface area (Å²) < 4.78 is 10.6. The lowest BCUT2D eigenvalue weighted by atomic mass is 9.99. The molecule has 1 aromatic carbocycles. The molecular weight excluding hydrogens is 312 g/mol. The third kappa shape index (κ3) is 3.58. The minimum atomic E-state index is -0.483. The van der Waals surface area contributed by atoms with E-state index in [-0.39, 0.29) is 5.92 Å². The molecule has 2 heterocycles.